The van der Waals surface area contributed by atoms with E-state index in [-0.39, 0.29) is 5.91 Å². The number of allylic oxidation sites excluding steroid dienone is 1. The highest BCUT2D eigenvalue weighted by atomic mass is 16.1. The van der Waals surface area contributed by atoms with Gasteiger partial charge in [0.25, 0.3) is 0 Å². The predicted molar refractivity (Wildman–Crippen MR) is 47.1 cm³/mol. The minimum Gasteiger partial charge on any atom is -0.366 e. The van der Waals surface area contributed by atoms with Gasteiger partial charge in [-0.05, 0) is 19.8 Å². The van der Waals surface area contributed by atoms with Crippen LogP contribution in [0.15, 0.2) is 11.6 Å². The van der Waals surface area contributed by atoms with E-state index in [4.69, 9.17) is 5.73 Å². The highest BCUT2D eigenvalue weighted by Crippen LogP contribution is 2.02. The summed E-state index contributed by atoms with van der Waals surface area (Å²) >= 11 is 0. The Labute approximate surface area is 68.5 Å². The lowest BCUT2D eigenvalue weighted by atomic mass is 10.1. The third-order valence-electron chi connectivity index (χ3n) is 1.65. The number of hydrogen-bond donors (Lipinski definition) is 1. The van der Waals surface area contributed by atoms with Crippen LogP contribution in [0.25, 0.3) is 0 Å². The lowest BCUT2D eigenvalue weighted by Crippen LogP contribution is -2.11. The van der Waals surface area contributed by atoms with Gasteiger partial charge in [0.1, 0.15) is 0 Å². The van der Waals surface area contributed by atoms with Crippen molar-refractivity contribution >= 4 is 5.91 Å². The standard InChI is InChI=1S/C9H17NO/c1-3-4-5-6-7-8(2)9(10)11/h7H,3-6H2,1-2H3,(H2,10,11)/b8-7+. The van der Waals surface area contributed by atoms with Crippen molar-refractivity contribution in [2.45, 2.75) is 39.5 Å². The number of amides is 1. The zero-order chi connectivity index (χ0) is 8.69. The van der Waals surface area contributed by atoms with Crippen molar-refractivity contribution in [1.82, 2.24) is 0 Å². The summed E-state index contributed by atoms with van der Waals surface area (Å²) in [5.41, 5.74) is 5.73. The van der Waals surface area contributed by atoms with E-state index < -0.39 is 0 Å². The molecule has 0 aliphatic carbocycles. The molecule has 0 aliphatic heterocycles. The summed E-state index contributed by atoms with van der Waals surface area (Å²) in [7, 11) is 0. The van der Waals surface area contributed by atoms with Crippen LogP contribution in [0.2, 0.25) is 0 Å². The van der Waals surface area contributed by atoms with E-state index in [1.54, 1.807) is 6.92 Å². The Kier molecular flexibility index (Phi) is 5.53. The molecular formula is C9H17NO. The first-order valence-corrected chi connectivity index (χ1v) is 4.15. The van der Waals surface area contributed by atoms with Gasteiger partial charge in [0.2, 0.25) is 5.91 Å². The zero-order valence-corrected chi connectivity index (χ0v) is 7.39. The Morgan fingerprint density at radius 2 is 2.09 bits per heavy atom. The molecule has 11 heavy (non-hydrogen) atoms. The molecule has 0 aromatic rings. The van der Waals surface area contributed by atoms with Crippen LogP contribution in [0.5, 0.6) is 0 Å². The summed E-state index contributed by atoms with van der Waals surface area (Å²) in [6.45, 7) is 3.92. The second kappa shape index (κ2) is 5.96. The Hall–Kier alpha value is -0.790. The summed E-state index contributed by atoms with van der Waals surface area (Å²) in [4.78, 5) is 10.5. The SMILES string of the molecule is CCCCC/C=C(\C)C(N)=O. The Bertz CT molecular complexity index is 150. The van der Waals surface area contributed by atoms with E-state index in [0.29, 0.717) is 5.57 Å². The fourth-order valence-corrected chi connectivity index (χ4v) is 0.813. The van der Waals surface area contributed by atoms with Crippen LogP contribution in [-0.2, 0) is 4.79 Å². The number of carbonyl (C=O) groups excluding carboxylic acids is 1. The molecule has 0 aromatic heterocycles. The normalized spacial score (nSPS) is 11.6. The zero-order valence-electron chi connectivity index (χ0n) is 7.39. The fraction of sp³-hybridized carbons (Fsp3) is 0.667. The summed E-state index contributed by atoms with van der Waals surface area (Å²) < 4.78 is 0. The summed E-state index contributed by atoms with van der Waals surface area (Å²) in [6, 6.07) is 0. The van der Waals surface area contributed by atoms with Crippen LogP contribution in [-0.4, -0.2) is 5.91 Å². The molecule has 0 unspecified atom stereocenters. The maximum atomic E-state index is 10.5. The topological polar surface area (TPSA) is 43.1 Å². The molecule has 1 amide bonds. The lowest BCUT2D eigenvalue weighted by molar-refractivity contribution is -0.114. The monoisotopic (exact) mass is 155 g/mol. The molecule has 2 nitrogen and oxygen atoms in total. The van der Waals surface area contributed by atoms with Crippen LogP contribution in [0, 0.1) is 0 Å². The highest BCUT2D eigenvalue weighted by Gasteiger charge is 1.94. The number of nitrogens with two attached hydrogens (primary N) is 1. The molecular weight excluding hydrogens is 138 g/mol. The van der Waals surface area contributed by atoms with E-state index in [1.807, 2.05) is 6.08 Å². The highest BCUT2D eigenvalue weighted by molar-refractivity contribution is 5.91. The van der Waals surface area contributed by atoms with Crippen molar-refractivity contribution in [3.8, 4) is 0 Å². The van der Waals surface area contributed by atoms with E-state index >= 15 is 0 Å². The molecule has 2 heteroatoms. The molecule has 0 saturated heterocycles. The van der Waals surface area contributed by atoms with Crippen LogP contribution >= 0.6 is 0 Å². The van der Waals surface area contributed by atoms with E-state index in [2.05, 4.69) is 6.92 Å². The van der Waals surface area contributed by atoms with Gasteiger partial charge in [-0.25, -0.2) is 0 Å². The van der Waals surface area contributed by atoms with Crippen LogP contribution in [0.1, 0.15) is 39.5 Å². The number of carbonyl (C=O) groups is 1. The van der Waals surface area contributed by atoms with E-state index in [9.17, 15) is 4.79 Å². The van der Waals surface area contributed by atoms with Gasteiger partial charge in [-0.2, -0.15) is 0 Å². The first-order valence-electron chi connectivity index (χ1n) is 4.15. The summed E-state index contributed by atoms with van der Waals surface area (Å²) in [6.07, 6.45) is 6.48. The third kappa shape index (κ3) is 5.64. The number of rotatable bonds is 5. The molecule has 0 aromatic carbocycles. The van der Waals surface area contributed by atoms with Gasteiger partial charge in [-0.3, -0.25) is 4.79 Å². The van der Waals surface area contributed by atoms with E-state index in [1.165, 1.54) is 12.8 Å². The molecule has 0 bridgehead atoms. The van der Waals surface area contributed by atoms with Crippen molar-refractivity contribution in [3.63, 3.8) is 0 Å². The quantitative estimate of drug-likeness (QED) is 0.479. The summed E-state index contributed by atoms with van der Waals surface area (Å²) in [5, 5.41) is 0. The van der Waals surface area contributed by atoms with Crippen LogP contribution in [0.4, 0.5) is 0 Å². The third-order valence-corrected chi connectivity index (χ3v) is 1.65. The maximum absolute atomic E-state index is 10.5. The van der Waals surface area contributed by atoms with Gasteiger partial charge < -0.3 is 5.73 Å². The predicted octanol–water partition coefficient (Wildman–Crippen LogP) is 2.00. The average molecular weight is 155 g/mol. The molecule has 0 fully saturated rings. The van der Waals surface area contributed by atoms with Gasteiger partial charge >= 0.3 is 0 Å². The molecule has 2 N–H and O–H groups in total. The second-order valence-electron chi connectivity index (χ2n) is 2.75. The number of unbranched alkanes of at least 4 members (excludes halogenated alkanes) is 3. The smallest absolute Gasteiger partial charge is 0.244 e. The minimum atomic E-state index is -0.304. The van der Waals surface area contributed by atoms with Crippen molar-refractivity contribution in [2.24, 2.45) is 5.73 Å². The van der Waals surface area contributed by atoms with Crippen LogP contribution < -0.4 is 5.73 Å². The van der Waals surface area contributed by atoms with Gasteiger partial charge in [0.05, 0.1) is 0 Å². The molecule has 0 atom stereocenters. The largest absolute Gasteiger partial charge is 0.366 e. The second-order valence-corrected chi connectivity index (χ2v) is 2.75. The molecule has 0 heterocycles. The molecule has 0 aliphatic rings. The first-order chi connectivity index (χ1) is 5.18. The van der Waals surface area contributed by atoms with Crippen molar-refractivity contribution in [1.29, 1.82) is 0 Å². The first kappa shape index (κ1) is 10.2. The molecule has 0 saturated carbocycles. The molecule has 64 valence electrons. The van der Waals surface area contributed by atoms with Gasteiger partial charge in [0.15, 0.2) is 0 Å². The average Bonchev–Trinajstić information content (AvgIpc) is 1.97. The molecule has 0 spiro atoms. The number of primary amides is 1. The molecule has 0 rings (SSSR count). The van der Waals surface area contributed by atoms with Gasteiger partial charge in [-0.15, -0.1) is 0 Å². The maximum Gasteiger partial charge on any atom is 0.244 e. The fourth-order valence-electron chi connectivity index (χ4n) is 0.813. The van der Waals surface area contributed by atoms with Gasteiger partial charge in [0, 0.05) is 5.57 Å². The van der Waals surface area contributed by atoms with Crippen molar-refractivity contribution in [3.05, 3.63) is 11.6 Å². The Balaban J connectivity index is 3.48. The lowest BCUT2D eigenvalue weighted by Gasteiger charge is -1.94. The Morgan fingerprint density at radius 1 is 1.45 bits per heavy atom. The van der Waals surface area contributed by atoms with E-state index in [0.717, 1.165) is 12.8 Å². The Morgan fingerprint density at radius 3 is 2.55 bits per heavy atom. The number of hydrogen-bond acceptors (Lipinski definition) is 1. The molecule has 0 radical (unpaired) electrons. The van der Waals surface area contributed by atoms with Crippen molar-refractivity contribution < 1.29 is 4.79 Å². The summed E-state index contributed by atoms with van der Waals surface area (Å²) in [5.74, 6) is -0.304. The van der Waals surface area contributed by atoms with Crippen molar-refractivity contribution in [2.75, 3.05) is 0 Å². The minimum absolute atomic E-state index is 0.304. The van der Waals surface area contributed by atoms with Crippen LogP contribution in [0.3, 0.4) is 0 Å². The van der Waals surface area contributed by atoms with Gasteiger partial charge in [-0.1, -0.05) is 25.8 Å².